The predicted octanol–water partition coefficient (Wildman–Crippen LogP) is 6.57. The van der Waals surface area contributed by atoms with Crippen LogP contribution in [0.4, 0.5) is 5.69 Å². The summed E-state index contributed by atoms with van der Waals surface area (Å²) in [5.74, 6) is 2.04. The molecule has 0 fully saturated rings. The van der Waals surface area contributed by atoms with E-state index >= 15 is 0 Å². The van der Waals surface area contributed by atoms with E-state index in [9.17, 15) is 4.79 Å². The summed E-state index contributed by atoms with van der Waals surface area (Å²) in [6, 6.07) is 19.9. The molecule has 0 aromatic heterocycles. The second kappa shape index (κ2) is 10.6. The molecule has 30 heavy (non-hydrogen) atoms. The van der Waals surface area contributed by atoms with E-state index in [1.807, 2.05) is 44.2 Å². The first-order valence-corrected chi connectivity index (χ1v) is 10.2. The highest BCUT2D eigenvalue weighted by atomic mass is 35.5. The van der Waals surface area contributed by atoms with Gasteiger partial charge in [-0.15, -0.1) is 0 Å². The number of benzene rings is 3. The lowest BCUT2D eigenvalue weighted by Gasteiger charge is -2.15. The molecule has 0 aliphatic rings. The highest BCUT2D eigenvalue weighted by molar-refractivity contribution is 6.32. The predicted molar refractivity (Wildman–Crippen MR) is 119 cm³/mol. The number of carbonyl (C=O) groups is 1. The Balaban J connectivity index is 1.72. The lowest BCUT2D eigenvalue weighted by atomic mass is 10.1. The minimum Gasteiger partial charge on any atom is -0.490 e. The van der Waals surface area contributed by atoms with Crippen LogP contribution < -0.4 is 19.5 Å². The molecular weight excluding hydrogens is 402 g/mol. The SMILES string of the molecule is CCCOc1c(Cl)cc(C(=O)Nc2ccc(Oc3ccccc3)cc2)cc1OCC. The van der Waals surface area contributed by atoms with Crippen LogP contribution in [0, 0.1) is 0 Å². The van der Waals surface area contributed by atoms with Gasteiger partial charge in [0.25, 0.3) is 5.91 Å². The molecule has 0 unspecified atom stereocenters. The van der Waals surface area contributed by atoms with Crippen molar-refractivity contribution in [3.8, 4) is 23.0 Å². The fourth-order valence-corrected chi connectivity index (χ4v) is 3.01. The Morgan fingerprint density at radius 2 is 1.63 bits per heavy atom. The summed E-state index contributed by atoms with van der Waals surface area (Å²) in [5, 5.41) is 3.20. The average molecular weight is 426 g/mol. The van der Waals surface area contributed by atoms with E-state index in [0.29, 0.717) is 46.7 Å². The lowest BCUT2D eigenvalue weighted by molar-refractivity contribution is 0.102. The summed E-state index contributed by atoms with van der Waals surface area (Å²) >= 11 is 6.35. The summed E-state index contributed by atoms with van der Waals surface area (Å²) in [6.07, 6.45) is 0.841. The van der Waals surface area contributed by atoms with Crippen molar-refractivity contribution in [2.75, 3.05) is 18.5 Å². The third-order valence-electron chi connectivity index (χ3n) is 4.11. The summed E-state index contributed by atoms with van der Waals surface area (Å²) in [6.45, 7) is 4.82. The molecule has 0 bridgehead atoms. The van der Waals surface area contributed by atoms with Gasteiger partial charge in [0.2, 0.25) is 0 Å². The number of nitrogens with one attached hydrogen (secondary N) is 1. The van der Waals surface area contributed by atoms with Gasteiger partial charge in [0.1, 0.15) is 11.5 Å². The molecule has 0 aliphatic heterocycles. The Morgan fingerprint density at radius 1 is 0.933 bits per heavy atom. The first kappa shape index (κ1) is 21.5. The van der Waals surface area contributed by atoms with Crippen molar-refractivity contribution in [1.82, 2.24) is 0 Å². The maximum atomic E-state index is 12.7. The number of hydrogen-bond acceptors (Lipinski definition) is 4. The van der Waals surface area contributed by atoms with Gasteiger partial charge >= 0.3 is 0 Å². The molecule has 1 amide bonds. The zero-order chi connectivity index (χ0) is 21.3. The van der Waals surface area contributed by atoms with E-state index < -0.39 is 0 Å². The van der Waals surface area contributed by atoms with Gasteiger partial charge in [0.15, 0.2) is 11.5 Å². The molecule has 0 aliphatic carbocycles. The average Bonchev–Trinajstić information content (AvgIpc) is 2.75. The van der Waals surface area contributed by atoms with Crippen LogP contribution >= 0.6 is 11.6 Å². The molecule has 0 saturated carbocycles. The van der Waals surface area contributed by atoms with Gasteiger partial charge in [-0.2, -0.15) is 0 Å². The molecule has 0 atom stereocenters. The molecule has 0 heterocycles. The number of ether oxygens (including phenoxy) is 3. The Morgan fingerprint density at radius 3 is 2.30 bits per heavy atom. The molecule has 0 spiro atoms. The van der Waals surface area contributed by atoms with Crippen LogP contribution in [0.25, 0.3) is 0 Å². The van der Waals surface area contributed by atoms with Crippen molar-refractivity contribution in [1.29, 1.82) is 0 Å². The number of carbonyl (C=O) groups excluding carboxylic acids is 1. The van der Waals surface area contributed by atoms with Gasteiger partial charge < -0.3 is 19.5 Å². The fourth-order valence-electron chi connectivity index (χ4n) is 2.74. The minimum atomic E-state index is -0.295. The number of rotatable bonds is 9. The van der Waals surface area contributed by atoms with E-state index in [2.05, 4.69) is 5.32 Å². The Hall–Kier alpha value is -3.18. The van der Waals surface area contributed by atoms with E-state index in [4.69, 9.17) is 25.8 Å². The monoisotopic (exact) mass is 425 g/mol. The Labute approximate surface area is 181 Å². The van der Waals surface area contributed by atoms with Gasteiger partial charge in [-0.05, 0) is 61.9 Å². The molecule has 156 valence electrons. The van der Waals surface area contributed by atoms with E-state index in [1.54, 1.807) is 36.4 Å². The van der Waals surface area contributed by atoms with Crippen LogP contribution in [0.5, 0.6) is 23.0 Å². The van der Waals surface area contributed by atoms with Crippen LogP contribution in [-0.2, 0) is 0 Å². The van der Waals surface area contributed by atoms with Crippen molar-refractivity contribution < 1.29 is 19.0 Å². The highest BCUT2D eigenvalue weighted by Crippen LogP contribution is 2.37. The Kier molecular flexibility index (Phi) is 7.57. The highest BCUT2D eigenvalue weighted by Gasteiger charge is 2.16. The van der Waals surface area contributed by atoms with E-state index in [0.717, 1.165) is 12.2 Å². The van der Waals surface area contributed by atoms with Crippen molar-refractivity contribution in [3.63, 3.8) is 0 Å². The maximum absolute atomic E-state index is 12.7. The molecule has 3 rings (SSSR count). The number of anilines is 1. The zero-order valence-corrected chi connectivity index (χ0v) is 17.7. The van der Waals surface area contributed by atoms with Crippen molar-refractivity contribution in [2.45, 2.75) is 20.3 Å². The summed E-state index contributed by atoms with van der Waals surface area (Å²) < 4.78 is 17.1. The minimum absolute atomic E-state index is 0.295. The molecule has 0 radical (unpaired) electrons. The normalized spacial score (nSPS) is 10.4. The van der Waals surface area contributed by atoms with E-state index in [1.165, 1.54) is 0 Å². The first-order valence-electron chi connectivity index (χ1n) is 9.84. The second-order valence-corrected chi connectivity index (χ2v) is 6.87. The topological polar surface area (TPSA) is 56.8 Å². The van der Waals surface area contributed by atoms with Crippen molar-refractivity contribution in [3.05, 3.63) is 77.3 Å². The standard InChI is InChI=1S/C24H24ClNO4/c1-3-14-29-23-21(25)15-17(16-22(23)28-4-2)24(27)26-18-10-12-20(13-11-18)30-19-8-6-5-7-9-19/h5-13,15-16H,3-4,14H2,1-2H3,(H,26,27). The van der Waals surface area contributed by atoms with Crippen LogP contribution in [0.2, 0.25) is 5.02 Å². The summed E-state index contributed by atoms with van der Waals surface area (Å²) in [5.41, 5.74) is 1.03. The second-order valence-electron chi connectivity index (χ2n) is 6.46. The van der Waals surface area contributed by atoms with Gasteiger partial charge in [-0.1, -0.05) is 36.7 Å². The summed E-state index contributed by atoms with van der Waals surface area (Å²) in [7, 11) is 0. The smallest absolute Gasteiger partial charge is 0.255 e. The third-order valence-corrected chi connectivity index (χ3v) is 4.39. The lowest BCUT2D eigenvalue weighted by Crippen LogP contribution is -2.12. The zero-order valence-electron chi connectivity index (χ0n) is 17.0. The van der Waals surface area contributed by atoms with Crippen LogP contribution in [0.15, 0.2) is 66.7 Å². The Bertz CT molecular complexity index is 975. The van der Waals surface area contributed by atoms with Crippen molar-refractivity contribution in [2.24, 2.45) is 0 Å². The molecule has 3 aromatic carbocycles. The number of para-hydroxylation sites is 1. The molecule has 3 aromatic rings. The van der Waals surface area contributed by atoms with Crippen molar-refractivity contribution >= 4 is 23.2 Å². The van der Waals surface area contributed by atoms with Gasteiger partial charge in [-0.3, -0.25) is 4.79 Å². The largest absolute Gasteiger partial charge is 0.490 e. The van der Waals surface area contributed by atoms with E-state index in [-0.39, 0.29) is 5.91 Å². The maximum Gasteiger partial charge on any atom is 0.255 e. The molecule has 0 saturated heterocycles. The number of halogens is 1. The van der Waals surface area contributed by atoms with Gasteiger partial charge in [-0.25, -0.2) is 0 Å². The van der Waals surface area contributed by atoms with Gasteiger partial charge in [0, 0.05) is 11.3 Å². The van der Waals surface area contributed by atoms with Crippen LogP contribution in [0.3, 0.4) is 0 Å². The third kappa shape index (κ3) is 5.67. The quantitative estimate of drug-likeness (QED) is 0.421. The number of hydrogen-bond donors (Lipinski definition) is 1. The molecule has 1 N–H and O–H groups in total. The fraction of sp³-hybridized carbons (Fsp3) is 0.208. The van der Waals surface area contributed by atoms with Gasteiger partial charge in [0.05, 0.1) is 18.2 Å². The number of amides is 1. The first-order chi connectivity index (χ1) is 14.6. The van der Waals surface area contributed by atoms with Crippen LogP contribution in [-0.4, -0.2) is 19.1 Å². The molecule has 5 nitrogen and oxygen atoms in total. The molecule has 6 heteroatoms. The summed E-state index contributed by atoms with van der Waals surface area (Å²) in [4.78, 5) is 12.7. The molecular formula is C24H24ClNO4. The van der Waals surface area contributed by atoms with Crippen LogP contribution in [0.1, 0.15) is 30.6 Å².